The second-order valence-corrected chi connectivity index (χ2v) is 10.4. The summed E-state index contributed by atoms with van der Waals surface area (Å²) in [7, 11) is 2.59. The molecule has 0 N–H and O–H groups in total. The van der Waals surface area contributed by atoms with Crippen LogP contribution in [0, 0.1) is 0 Å². The Labute approximate surface area is 193 Å². The zero-order valence-electron chi connectivity index (χ0n) is 18.6. The summed E-state index contributed by atoms with van der Waals surface area (Å²) in [6, 6.07) is 17.0. The van der Waals surface area contributed by atoms with Crippen molar-refractivity contribution in [3.8, 4) is 11.4 Å². The van der Waals surface area contributed by atoms with Gasteiger partial charge in [0.2, 0.25) is 10.0 Å². The van der Waals surface area contributed by atoms with Crippen molar-refractivity contribution in [2.24, 2.45) is 0 Å². The van der Waals surface area contributed by atoms with Gasteiger partial charge < -0.3 is 9.47 Å². The molecule has 172 valence electrons. The quantitative estimate of drug-likeness (QED) is 0.310. The summed E-state index contributed by atoms with van der Waals surface area (Å²) < 4.78 is 39.1. The molecule has 0 aliphatic carbocycles. The SMILES string of the molecule is COC(Cn1c(SCCc2ccccc2)nnc1-c1cccc(S(=O)(=O)N(C)C)c1)OC. The van der Waals surface area contributed by atoms with Gasteiger partial charge in [-0.1, -0.05) is 54.2 Å². The van der Waals surface area contributed by atoms with Crippen LogP contribution < -0.4 is 0 Å². The number of thioether (sulfide) groups is 1. The first kappa shape index (κ1) is 24.4. The summed E-state index contributed by atoms with van der Waals surface area (Å²) in [6.45, 7) is 0.369. The average Bonchev–Trinajstić information content (AvgIpc) is 3.20. The molecule has 1 heterocycles. The van der Waals surface area contributed by atoms with Crippen LogP contribution in [0.3, 0.4) is 0 Å². The number of nitrogens with zero attached hydrogens (tertiary/aromatic N) is 4. The van der Waals surface area contributed by atoms with E-state index in [1.807, 2.05) is 28.8 Å². The molecule has 1 aromatic heterocycles. The third kappa shape index (κ3) is 5.76. The second kappa shape index (κ2) is 11.1. The minimum Gasteiger partial charge on any atom is -0.354 e. The van der Waals surface area contributed by atoms with Crippen molar-refractivity contribution in [3.05, 3.63) is 60.2 Å². The van der Waals surface area contributed by atoms with Crippen molar-refractivity contribution >= 4 is 21.8 Å². The molecule has 0 atom stereocenters. The molecule has 0 spiro atoms. The lowest BCUT2D eigenvalue weighted by Gasteiger charge is -2.17. The Kier molecular flexibility index (Phi) is 8.44. The highest BCUT2D eigenvalue weighted by Gasteiger charge is 2.21. The molecule has 32 heavy (non-hydrogen) atoms. The molecule has 0 saturated carbocycles. The van der Waals surface area contributed by atoms with Gasteiger partial charge in [0.15, 0.2) is 17.3 Å². The Bertz CT molecular complexity index is 1110. The standard InChI is InChI=1S/C22H28N4O4S2/c1-25(2)32(27,28)19-12-8-11-18(15-19)21-23-24-22(26(21)16-20(29-3)30-4)31-14-13-17-9-6-5-7-10-17/h5-12,15,20H,13-14,16H2,1-4H3. The van der Waals surface area contributed by atoms with E-state index in [-0.39, 0.29) is 4.90 Å². The van der Waals surface area contributed by atoms with Gasteiger partial charge in [-0.05, 0) is 24.1 Å². The van der Waals surface area contributed by atoms with E-state index < -0.39 is 16.3 Å². The minimum absolute atomic E-state index is 0.197. The van der Waals surface area contributed by atoms with E-state index in [4.69, 9.17) is 9.47 Å². The lowest BCUT2D eigenvalue weighted by atomic mass is 10.2. The number of hydrogen-bond donors (Lipinski definition) is 0. The van der Waals surface area contributed by atoms with Crippen LogP contribution in [-0.2, 0) is 32.5 Å². The molecular weight excluding hydrogens is 448 g/mol. The summed E-state index contributed by atoms with van der Waals surface area (Å²) in [5.74, 6) is 1.38. The van der Waals surface area contributed by atoms with Crippen LogP contribution in [0.25, 0.3) is 11.4 Å². The molecule has 0 saturated heterocycles. The van der Waals surface area contributed by atoms with Crippen molar-refractivity contribution in [1.29, 1.82) is 0 Å². The normalized spacial score (nSPS) is 12.1. The summed E-state index contributed by atoms with van der Waals surface area (Å²) in [5.41, 5.74) is 1.90. The molecule has 0 radical (unpaired) electrons. The minimum atomic E-state index is -3.57. The molecule has 3 aromatic rings. The maximum absolute atomic E-state index is 12.6. The molecule has 0 unspecified atom stereocenters. The third-order valence-corrected chi connectivity index (χ3v) is 7.69. The van der Waals surface area contributed by atoms with Crippen molar-refractivity contribution in [2.45, 2.75) is 29.3 Å². The first-order valence-electron chi connectivity index (χ1n) is 10.0. The number of rotatable bonds is 11. The molecular formula is C22H28N4O4S2. The molecule has 0 aliphatic rings. The lowest BCUT2D eigenvalue weighted by molar-refractivity contribution is -0.111. The van der Waals surface area contributed by atoms with E-state index in [0.29, 0.717) is 17.9 Å². The Balaban J connectivity index is 1.92. The third-order valence-electron chi connectivity index (χ3n) is 4.91. The topological polar surface area (TPSA) is 86.5 Å². The van der Waals surface area contributed by atoms with E-state index >= 15 is 0 Å². The Hall–Kier alpha value is -2.24. The van der Waals surface area contributed by atoms with Gasteiger partial charge >= 0.3 is 0 Å². The van der Waals surface area contributed by atoms with Crippen LogP contribution in [-0.4, -0.2) is 67.8 Å². The molecule has 0 aliphatic heterocycles. The highest BCUT2D eigenvalue weighted by molar-refractivity contribution is 7.99. The molecule has 0 bridgehead atoms. The van der Waals surface area contributed by atoms with Crippen LogP contribution in [0.5, 0.6) is 0 Å². The monoisotopic (exact) mass is 476 g/mol. The van der Waals surface area contributed by atoms with Gasteiger partial charge in [0.1, 0.15) is 0 Å². The highest BCUT2D eigenvalue weighted by atomic mass is 32.2. The van der Waals surface area contributed by atoms with Crippen molar-refractivity contribution < 1.29 is 17.9 Å². The Morgan fingerprint density at radius 2 is 1.75 bits per heavy atom. The van der Waals surface area contributed by atoms with E-state index in [9.17, 15) is 8.42 Å². The summed E-state index contributed by atoms with van der Waals surface area (Å²) in [5, 5.41) is 9.47. The van der Waals surface area contributed by atoms with Crippen molar-refractivity contribution in [3.63, 3.8) is 0 Å². The first-order valence-corrected chi connectivity index (χ1v) is 12.5. The van der Waals surface area contributed by atoms with Crippen molar-refractivity contribution in [1.82, 2.24) is 19.1 Å². The van der Waals surface area contributed by atoms with Crippen LogP contribution in [0.4, 0.5) is 0 Å². The fraction of sp³-hybridized carbons (Fsp3) is 0.364. The van der Waals surface area contributed by atoms with Crippen LogP contribution >= 0.6 is 11.8 Å². The lowest BCUT2D eigenvalue weighted by Crippen LogP contribution is -2.22. The Morgan fingerprint density at radius 1 is 1.03 bits per heavy atom. The molecule has 8 nitrogen and oxygen atoms in total. The summed E-state index contributed by atoms with van der Waals surface area (Å²) in [6.07, 6.45) is 0.398. The fourth-order valence-electron chi connectivity index (χ4n) is 3.08. The van der Waals surface area contributed by atoms with Gasteiger partial charge in [0, 0.05) is 39.6 Å². The number of ether oxygens (including phenoxy) is 2. The van der Waals surface area contributed by atoms with E-state index in [1.165, 1.54) is 24.0 Å². The molecule has 2 aromatic carbocycles. The van der Waals surface area contributed by atoms with Crippen LogP contribution in [0.1, 0.15) is 5.56 Å². The zero-order valence-corrected chi connectivity index (χ0v) is 20.3. The summed E-state index contributed by atoms with van der Waals surface area (Å²) >= 11 is 1.59. The molecule has 0 fully saturated rings. The average molecular weight is 477 g/mol. The smallest absolute Gasteiger partial charge is 0.242 e. The number of hydrogen-bond acceptors (Lipinski definition) is 7. The fourth-order valence-corrected chi connectivity index (χ4v) is 4.96. The van der Waals surface area contributed by atoms with Crippen LogP contribution in [0.15, 0.2) is 64.6 Å². The predicted molar refractivity (Wildman–Crippen MR) is 125 cm³/mol. The largest absolute Gasteiger partial charge is 0.354 e. The van der Waals surface area contributed by atoms with Gasteiger partial charge in [-0.15, -0.1) is 10.2 Å². The maximum atomic E-state index is 12.6. The van der Waals surface area contributed by atoms with Gasteiger partial charge in [-0.25, -0.2) is 12.7 Å². The number of sulfonamides is 1. The number of aromatic nitrogens is 3. The molecule has 0 amide bonds. The number of methoxy groups -OCH3 is 2. The molecule has 10 heteroatoms. The van der Waals surface area contributed by atoms with Gasteiger partial charge in [-0.2, -0.15) is 0 Å². The van der Waals surface area contributed by atoms with E-state index in [1.54, 1.807) is 44.2 Å². The Morgan fingerprint density at radius 3 is 2.41 bits per heavy atom. The summed E-state index contributed by atoms with van der Waals surface area (Å²) in [4.78, 5) is 0.197. The van der Waals surface area contributed by atoms with Crippen molar-refractivity contribution in [2.75, 3.05) is 34.1 Å². The number of aryl methyl sites for hydroxylation is 1. The maximum Gasteiger partial charge on any atom is 0.242 e. The van der Waals surface area contributed by atoms with Crippen LogP contribution in [0.2, 0.25) is 0 Å². The van der Waals surface area contributed by atoms with E-state index in [0.717, 1.165) is 17.3 Å². The highest BCUT2D eigenvalue weighted by Crippen LogP contribution is 2.27. The zero-order chi connectivity index (χ0) is 23.1. The van der Waals surface area contributed by atoms with Gasteiger partial charge in [0.05, 0.1) is 11.4 Å². The predicted octanol–water partition coefficient (Wildman–Crippen LogP) is 3.15. The molecule has 3 rings (SSSR count). The van der Waals surface area contributed by atoms with E-state index in [2.05, 4.69) is 22.3 Å². The second-order valence-electron chi connectivity index (χ2n) is 7.22. The first-order chi connectivity index (χ1) is 15.4. The van der Waals surface area contributed by atoms with Gasteiger partial charge in [-0.3, -0.25) is 4.57 Å². The van der Waals surface area contributed by atoms with Gasteiger partial charge in [0.25, 0.3) is 0 Å². The number of benzene rings is 2.